The number of carbonyl (C=O) groups excluding carboxylic acids is 2. The maximum Gasteiger partial charge on any atom is 0.260 e. The lowest BCUT2D eigenvalue weighted by molar-refractivity contribution is -0.127. The number of aldehydes is 1. The quantitative estimate of drug-likeness (QED) is 0.592. The molecule has 1 amide bonds. The third kappa shape index (κ3) is 4.93. The lowest BCUT2D eigenvalue weighted by Crippen LogP contribution is -2.36. The zero-order valence-electron chi connectivity index (χ0n) is 12.4. The molecule has 1 aromatic carbocycles. The summed E-state index contributed by atoms with van der Waals surface area (Å²) in [6.45, 7) is 4.29. The van der Waals surface area contributed by atoms with Crippen LogP contribution in [0.1, 0.15) is 37.0 Å². The van der Waals surface area contributed by atoms with Gasteiger partial charge in [0.1, 0.15) is 6.29 Å². The Morgan fingerprint density at radius 3 is 2.76 bits per heavy atom. The van der Waals surface area contributed by atoms with E-state index < -0.39 is 6.10 Å². The molecule has 0 aliphatic heterocycles. The van der Waals surface area contributed by atoms with Crippen LogP contribution >= 0.6 is 11.6 Å². The number of methoxy groups -OCH3 is 1. The van der Waals surface area contributed by atoms with Gasteiger partial charge in [-0.3, -0.25) is 9.59 Å². The summed E-state index contributed by atoms with van der Waals surface area (Å²) in [6, 6.07) is 2.98. The topological polar surface area (TPSA) is 64.6 Å². The molecule has 1 unspecified atom stereocenters. The second kappa shape index (κ2) is 8.52. The number of carbonyl (C=O) groups is 2. The molecule has 0 heterocycles. The first kappa shape index (κ1) is 17.3. The van der Waals surface area contributed by atoms with E-state index in [-0.39, 0.29) is 16.7 Å². The standard InChI is InChI=1S/C15H20ClNO4/c1-4-5-6-17-15(19)10(2)21-14-12(16)7-11(9-18)8-13(14)20-3/h7-10H,4-6H2,1-3H3,(H,17,19). The van der Waals surface area contributed by atoms with Gasteiger partial charge in [-0.1, -0.05) is 24.9 Å². The van der Waals surface area contributed by atoms with Crippen LogP contribution < -0.4 is 14.8 Å². The first-order chi connectivity index (χ1) is 10.0. The SMILES string of the molecule is CCCCNC(=O)C(C)Oc1c(Cl)cc(C=O)cc1OC. The van der Waals surface area contributed by atoms with Gasteiger partial charge in [0.05, 0.1) is 12.1 Å². The zero-order valence-corrected chi connectivity index (χ0v) is 13.2. The van der Waals surface area contributed by atoms with Crippen molar-refractivity contribution in [3.63, 3.8) is 0 Å². The van der Waals surface area contributed by atoms with E-state index in [4.69, 9.17) is 21.1 Å². The Hall–Kier alpha value is -1.75. The van der Waals surface area contributed by atoms with E-state index in [1.807, 2.05) is 6.92 Å². The van der Waals surface area contributed by atoms with Crippen LogP contribution in [0.2, 0.25) is 5.02 Å². The lowest BCUT2D eigenvalue weighted by atomic mass is 10.2. The summed E-state index contributed by atoms with van der Waals surface area (Å²) in [5.74, 6) is 0.349. The predicted octanol–water partition coefficient (Wildman–Crippen LogP) is 2.84. The summed E-state index contributed by atoms with van der Waals surface area (Å²) in [7, 11) is 1.44. The van der Waals surface area contributed by atoms with Gasteiger partial charge in [-0.25, -0.2) is 0 Å². The van der Waals surface area contributed by atoms with Crippen LogP contribution in [0.25, 0.3) is 0 Å². The normalized spacial score (nSPS) is 11.6. The molecule has 0 saturated heterocycles. The number of unbranched alkanes of at least 4 members (excludes halogenated alkanes) is 1. The van der Waals surface area contributed by atoms with E-state index in [0.717, 1.165) is 12.8 Å². The highest BCUT2D eigenvalue weighted by molar-refractivity contribution is 6.32. The first-order valence-electron chi connectivity index (χ1n) is 6.80. The first-order valence-corrected chi connectivity index (χ1v) is 7.18. The average molecular weight is 314 g/mol. The van der Waals surface area contributed by atoms with Gasteiger partial charge in [0.15, 0.2) is 17.6 Å². The van der Waals surface area contributed by atoms with E-state index >= 15 is 0 Å². The molecule has 0 aliphatic rings. The maximum atomic E-state index is 11.9. The fourth-order valence-electron chi connectivity index (χ4n) is 1.68. The summed E-state index contributed by atoms with van der Waals surface area (Å²) in [5, 5.41) is 3.01. The highest BCUT2D eigenvalue weighted by atomic mass is 35.5. The maximum absolute atomic E-state index is 11.9. The smallest absolute Gasteiger partial charge is 0.260 e. The summed E-state index contributed by atoms with van der Waals surface area (Å²) < 4.78 is 10.7. The summed E-state index contributed by atoms with van der Waals surface area (Å²) in [4.78, 5) is 22.7. The van der Waals surface area contributed by atoms with Crippen molar-refractivity contribution >= 4 is 23.8 Å². The molecule has 0 fully saturated rings. The summed E-state index contributed by atoms with van der Waals surface area (Å²) in [6.07, 6.45) is 1.87. The Kier molecular flexibility index (Phi) is 7.02. The van der Waals surface area contributed by atoms with Crippen molar-refractivity contribution in [3.05, 3.63) is 22.7 Å². The molecule has 1 N–H and O–H groups in total. The van der Waals surface area contributed by atoms with Crippen molar-refractivity contribution in [1.82, 2.24) is 5.32 Å². The molecule has 21 heavy (non-hydrogen) atoms. The van der Waals surface area contributed by atoms with Crippen LogP contribution in [0.4, 0.5) is 0 Å². The molecular weight excluding hydrogens is 294 g/mol. The largest absolute Gasteiger partial charge is 0.493 e. The molecule has 1 rings (SSSR count). The van der Waals surface area contributed by atoms with Crippen LogP contribution in [0, 0.1) is 0 Å². The van der Waals surface area contributed by atoms with Crippen LogP contribution in [0.15, 0.2) is 12.1 Å². The molecule has 116 valence electrons. The fourth-order valence-corrected chi connectivity index (χ4v) is 1.95. The van der Waals surface area contributed by atoms with Crippen molar-refractivity contribution in [2.45, 2.75) is 32.8 Å². The van der Waals surface area contributed by atoms with Crippen LogP contribution in [0.5, 0.6) is 11.5 Å². The molecule has 0 spiro atoms. The van der Waals surface area contributed by atoms with Gasteiger partial charge in [-0.2, -0.15) is 0 Å². The van der Waals surface area contributed by atoms with Crippen LogP contribution in [-0.4, -0.2) is 32.0 Å². The van der Waals surface area contributed by atoms with Gasteiger partial charge in [-0.05, 0) is 25.5 Å². The Morgan fingerprint density at radius 2 is 2.19 bits per heavy atom. The minimum Gasteiger partial charge on any atom is -0.493 e. The van der Waals surface area contributed by atoms with E-state index in [1.165, 1.54) is 19.2 Å². The third-order valence-electron chi connectivity index (χ3n) is 2.88. The average Bonchev–Trinajstić information content (AvgIpc) is 2.48. The highest BCUT2D eigenvalue weighted by Gasteiger charge is 2.19. The number of halogens is 1. The van der Waals surface area contributed by atoms with E-state index in [1.54, 1.807) is 6.92 Å². The van der Waals surface area contributed by atoms with Crippen molar-refractivity contribution in [2.24, 2.45) is 0 Å². The molecule has 0 bridgehead atoms. The zero-order chi connectivity index (χ0) is 15.8. The number of hydrogen-bond donors (Lipinski definition) is 1. The van der Waals surface area contributed by atoms with Gasteiger partial charge in [0, 0.05) is 12.1 Å². The van der Waals surface area contributed by atoms with Crippen LogP contribution in [0.3, 0.4) is 0 Å². The van der Waals surface area contributed by atoms with Gasteiger partial charge in [0.25, 0.3) is 5.91 Å². The Morgan fingerprint density at radius 1 is 1.48 bits per heavy atom. The highest BCUT2D eigenvalue weighted by Crippen LogP contribution is 2.36. The number of ether oxygens (including phenoxy) is 2. The van der Waals surface area contributed by atoms with Gasteiger partial charge in [-0.15, -0.1) is 0 Å². The number of nitrogens with one attached hydrogen (secondary N) is 1. The van der Waals surface area contributed by atoms with E-state index in [2.05, 4.69) is 5.32 Å². The predicted molar refractivity (Wildman–Crippen MR) is 81.4 cm³/mol. The molecule has 1 atom stereocenters. The van der Waals surface area contributed by atoms with Crippen molar-refractivity contribution in [3.8, 4) is 11.5 Å². The second-order valence-corrected chi connectivity index (χ2v) is 4.96. The monoisotopic (exact) mass is 313 g/mol. The van der Waals surface area contributed by atoms with Gasteiger partial charge in [0.2, 0.25) is 0 Å². The molecule has 1 aromatic rings. The summed E-state index contributed by atoms with van der Waals surface area (Å²) in [5.41, 5.74) is 0.379. The van der Waals surface area contributed by atoms with Crippen molar-refractivity contribution in [1.29, 1.82) is 0 Å². The number of rotatable bonds is 8. The van der Waals surface area contributed by atoms with Gasteiger partial charge >= 0.3 is 0 Å². The number of amides is 1. The minimum absolute atomic E-state index is 0.221. The van der Waals surface area contributed by atoms with Gasteiger partial charge < -0.3 is 14.8 Å². The fraction of sp³-hybridized carbons (Fsp3) is 0.467. The minimum atomic E-state index is -0.713. The number of benzene rings is 1. The molecule has 0 aliphatic carbocycles. The Labute approximate surface area is 129 Å². The lowest BCUT2D eigenvalue weighted by Gasteiger charge is -2.18. The van der Waals surface area contributed by atoms with E-state index in [0.29, 0.717) is 24.1 Å². The van der Waals surface area contributed by atoms with Crippen LogP contribution in [-0.2, 0) is 4.79 Å². The Bertz CT molecular complexity index is 505. The molecule has 0 radical (unpaired) electrons. The molecular formula is C15H20ClNO4. The molecule has 5 nitrogen and oxygen atoms in total. The third-order valence-corrected chi connectivity index (χ3v) is 3.16. The molecule has 6 heteroatoms. The summed E-state index contributed by atoms with van der Waals surface area (Å²) >= 11 is 6.07. The van der Waals surface area contributed by atoms with E-state index in [9.17, 15) is 9.59 Å². The second-order valence-electron chi connectivity index (χ2n) is 4.56. The molecule has 0 aromatic heterocycles. The molecule has 0 saturated carbocycles. The Balaban J connectivity index is 2.81. The van der Waals surface area contributed by atoms with Crippen molar-refractivity contribution < 1.29 is 19.1 Å². The number of hydrogen-bond acceptors (Lipinski definition) is 4. The van der Waals surface area contributed by atoms with Crippen molar-refractivity contribution in [2.75, 3.05) is 13.7 Å².